The topological polar surface area (TPSA) is 67.7 Å². The first-order valence-corrected chi connectivity index (χ1v) is 6.98. The predicted molar refractivity (Wildman–Crippen MR) is 80.9 cm³/mol. The van der Waals surface area contributed by atoms with Crippen LogP contribution in [0, 0.1) is 6.92 Å². The van der Waals surface area contributed by atoms with Gasteiger partial charge in [0.25, 0.3) is 0 Å². The first-order chi connectivity index (χ1) is 9.70. The molecular formula is C14H22N6. The maximum absolute atomic E-state index is 4.33. The summed E-state index contributed by atoms with van der Waals surface area (Å²) in [6.07, 6.45) is 8.23. The smallest absolute Gasteiger partial charge is 0.134 e. The van der Waals surface area contributed by atoms with Crippen LogP contribution in [0.1, 0.15) is 25.8 Å². The zero-order valence-corrected chi connectivity index (χ0v) is 12.3. The van der Waals surface area contributed by atoms with Gasteiger partial charge < -0.3 is 15.2 Å². The summed E-state index contributed by atoms with van der Waals surface area (Å²) in [6, 6.07) is 0.261. The molecule has 0 radical (unpaired) electrons. The highest BCUT2D eigenvalue weighted by Gasteiger charge is 2.09. The summed E-state index contributed by atoms with van der Waals surface area (Å²) in [5.74, 6) is 1.78. The van der Waals surface area contributed by atoms with E-state index in [2.05, 4.69) is 39.4 Å². The number of rotatable bonds is 7. The van der Waals surface area contributed by atoms with Crippen LogP contribution < -0.4 is 10.6 Å². The van der Waals surface area contributed by atoms with E-state index in [0.29, 0.717) is 0 Å². The molecule has 0 aliphatic carbocycles. The number of anilines is 2. The van der Waals surface area contributed by atoms with Crippen LogP contribution in [-0.2, 0) is 6.54 Å². The molecule has 2 rings (SSSR count). The lowest BCUT2D eigenvalue weighted by Crippen LogP contribution is -2.23. The second-order valence-corrected chi connectivity index (χ2v) is 4.93. The number of hydrogen-bond donors (Lipinski definition) is 2. The van der Waals surface area contributed by atoms with Gasteiger partial charge in [0.05, 0.1) is 6.33 Å². The summed E-state index contributed by atoms with van der Waals surface area (Å²) in [5, 5.41) is 6.74. The van der Waals surface area contributed by atoms with Gasteiger partial charge in [-0.3, -0.25) is 0 Å². The first kappa shape index (κ1) is 14.3. The maximum Gasteiger partial charge on any atom is 0.134 e. The van der Waals surface area contributed by atoms with Gasteiger partial charge >= 0.3 is 0 Å². The monoisotopic (exact) mass is 274 g/mol. The summed E-state index contributed by atoms with van der Waals surface area (Å²) in [4.78, 5) is 12.7. The van der Waals surface area contributed by atoms with Crippen molar-refractivity contribution in [2.24, 2.45) is 0 Å². The minimum absolute atomic E-state index is 0.261. The molecule has 0 saturated heterocycles. The van der Waals surface area contributed by atoms with Crippen molar-refractivity contribution < 1.29 is 0 Å². The molecule has 2 N–H and O–H groups in total. The van der Waals surface area contributed by atoms with Crippen LogP contribution in [0.15, 0.2) is 25.0 Å². The quantitative estimate of drug-likeness (QED) is 0.811. The lowest BCUT2D eigenvalue weighted by Gasteiger charge is -2.17. The van der Waals surface area contributed by atoms with E-state index in [9.17, 15) is 0 Å². The Labute approximate surface area is 119 Å². The van der Waals surface area contributed by atoms with Crippen LogP contribution in [0.4, 0.5) is 11.6 Å². The Morgan fingerprint density at radius 3 is 2.80 bits per heavy atom. The third kappa shape index (κ3) is 3.69. The first-order valence-electron chi connectivity index (χ1n) is 6.98. The van der Waals surface area contributed by atoms with E-state index < -0.39 is 0 Å². The molecule has 0 aliphatic rings. The highest BCUT2D eigenvalue weighted by Crippen LogP contribution is 2.19. The molecule has 0 amide bonds. The van der Waals surface area contributed by atoms with Crippen molar-refractivity contribution in [1.82, 2.24) is 19.5 Å². The molecule has 0 saturated carbocycles. The van der Waals surface area contributed by atoms with Crippen LogP contribution in [0.3, 0.4) is 0 Å². The Bertz CT molecular complexity index is 522. The lowest BCUT2D eigenvalue weighted by molar-refractivity contribution is 0.616. The number of imidazole rings is 1. The van der Waals surface area contributed by atoms with E-state index >= 15 is 0 Å². The van der Waals surface area contributed by atoms with Crippen molar-refractivity contribution in [3.8, 4) is 0 Å². The number of nitrogens with one attached hydrogen (secondary N) is 2. The van der Waals surface area contributed by atoms with Gasteiger partial charge in [0.2, 0.25) is 0 Å². The van der Waals surface area contributed by atoms with Crippen molar-refractivity contribution >= 4 is 11.6 Å². The highest BCUT2D eigenvalue weighted by molar-refractivity contribution is 5.56. The van der Waals surface area contributed by atoms with Crippen molar-refractivity contribution in [1.29, 1.82) is 0 Å². The summed E-state index contributed by atoms with van der Waals surface area (Å²) < 4.78 is 2.05. The predicted octanol–water partition coefficient (Wildman–Crippen LogP) is 2.30. The van der Waals surface area contributed by atoms with Crippen molar-refractivity contribution in [2.45, 2.75) is 39.8 Å². The Morgan fingerprint density at radius 1 is 1.30 bits per heavy atom. The molecule has 2 heterocycles. The molecule has 2 aromatic heterocycles. The molecule has 0 aliphatic heterocycles. The van der Waals surface area contributed by atoms with E-state index in [1.807, 2.05) is 24.0 Å². The summed E-state index contributed by atoms with van der Waals surface area (Å²) in [6.45, 7) is 8.06. The Morgan fingerprint density at radius 2 is 2.10 bits per heavy atom. The van der Waals surface area contributed by atoms with Crippen LogP contribution in [0.2, 0.25) is 0 Å². The molecule has 20 heavy (non-hydrogen) atoms. The Kier molecular flexibility index (Phi) is 4.92. The van der Waals surface area contributed by atoms with Gasteiger partial charge in [-0.25, -0.2) is 15.0 Å². The van der Waals surface area contributed by atoms with Gasteiger partial charge in [-0.2, -0.15) is 0 Å². The van der Waals surface area contributed by atoms with Crippen LogP contribution in [-0.4, -0.2) is 32.1 Å². The fraction of sp³-hybridized carbons (Fsp3) is 0.500. The fourth-order valence-corrected chi connectivity index (χ4v) is 2.01. The zero-order valence-electron chi connectivity index (χ0n) is 12.3. The molecule has 1 atom stereocenters. The molecule has 0 bridgehead atoms. The van der Waals surface area contributed by atoms with Gasteiger partial charge in [0, 0.05) is 37.1 Å². The molecule has 6 nitrogen and oxygen atoms in total. The summed E-state index contributed by atoms with van der Waals surface area (Å²) >= 11 is 0. The largest absolute Gasteiger partial charge is 0.370 e. The molecule has 108 valence electrons. The van der Waals surface area contributed by atoms with Gasteiger partial charge in [0.1, 0.15) is 18.0 Å². The second-order valence-electron chi connectivity index (χ2n) is 4.93. The van der Waals surface area contributed by atoms with Crippen molar-refractivity contribution in [2.75, 3.05) is 17.2 Å². The van der Waals surface area contributed by atoms with Crippen LogP contribution in [0.25, 0.3) is 0 Å². The van der Waals surface area contributed by atoms with Crippen LogP contribution >= 0.6 is 0 Å². The van der Waals surface area contributed by atoms with E-state index in [0.717, 1.165) is 36.7 Å². The lowest BCUT2D eigenvalue weighted by atomic mass is 10.2. The second kappa shape index (κ2) is 6.88. The molecule has 2 aromatic rings. The van der Waals surface area contributed by atoms with Gasteiger partial charge in [-0.1, -0.05) is 6.92 Å². The molecule has 0 aromatic carbocycles. The highest BCUT2D eigenvalue weighted by atomic mass is 15.1. The summed E-state index contributed by atoms with van der Waals surface area (Å²) in [7, 11) is 0. The molecule has 0 spiro atoms. The third-order valence-electron chi connectivity index (χ3n) is 3.05. The average molecular weight is 274 g/mol. The zero-order chi connectivity index (χ0) is 14.4. The fourth-order valence-electron chi connectivity index (χ4n) is 2.01. The van der Waals surface area contributed by atoms with Gasteiger partial charge in [-0.15, -0.1) is 0 Å². The molecule has 6 heteroatoms. The number of hydrogen-bond acceptors (Lipinski definition) is 5. The normalized spacial score (nSPS) is 12.2. The van der Waals surface area contributed by atoms with E-state index in [-0.39, 0.29) is 6.04 Å². The number of aromatic nitrogens is 4. The molecule has 0 fully saturated rings. The Balaban J connectivity index is 2.01. The van der Waals surface area contributed by atoms with Crippen LogP contribution in [0.5, 0.6) is 0 Å². The minimum Gasteiger partial charge on any atom is -0.370 e. The van der Waals surface area contributed by atoms with E-state index in [1.165, 1.54) is 0 Å². The van der Waals surface area contributed by atoms with Crippen molar-refractivity contribution in [3.63, 3.8) is 0 Å². The maximum atomic E-state index is 4.33. The van der Waals surface area contributed by atoms with Gasteiger partial charge in [0.15, 0.2) is 0 Å². The van der Waals surface area contributed by atoms with E-state index in [1.54, 1.807) is 12.5 Å². The van der Waals surface area contributed by atoms with E-state index in [4.69, 9.17) is 0 Å². The Hall–Kier alpha value is -2.11. The standard InChI is InChI=1S/C14H22N6/c1-4-5-16-13-12(3)14(18-9-17-13)19-11(2)8-20-7-6-15-10-20/h6-7,9-11H,4-5,8H2,1-3H3,(H2,16,17,18,19). The number of nitrogens with zero attached hydrogens (tertiary/aromatic N) is 4. The SMILES string of the molecule is CCCNc1ncnc(NC(C)Cn2ccnc2)c1C. The van der Waals surface area contributed by atoms with Gasteiger partial charge in [-0.05, 0) is 20.3 Å². The summed E-state index contributed by atoms with van der Waals surface area (Å²) in [5.41, 5.74) is 1.05. The molecule has 1 unspecified atom stereocenters. The minimum atomic E-state index is 0.261. The average Bonchev–Trinajstić information content (AvgIpc) is 2.92. The third-order valence-corrected chi connectivity index (χ3v) is 3.05. The molecular weight excluding hydrogens is 252 g/mol. The van der Waals surface area contributed by atoms with Crippen molar-refractivity contribution in [3.05, 3.63) is 30.6 Å².